The lowest BCUT2D eigenvalue weighted by Crippen LogP contribution is -2.15. The molecule has 0 bridgehead atoms. The van der Waals surface area contributed by atoms with Crippen LogP contribution in [0.5, 0.6) is 0 Å². The second-order valence-corrected chi connectivity index (χ2v) is 10.7. The lowest BCUT2D eigenvalue weighted by atomic mass is 10.2. The molecule has 0 saturated carbocycles. The van der Waals surface area contributed by atoms with Gasteiger partial charge in [-0.05, 0) is 49.2 Å². The third-order valence-corrected chi connectivity index (χ3v) is 8.53. The first-order valence-corrected chi connectivity index (χ1v) is 12.7. The average molecular weight is 526 g/mol. The van der Waals surface area contributed by atoms with Crippen LogP contribution in [0.25, 0.3) is 20.2 Å². The van der Waals surface area contributed by atoms with Gasteiger partial charge in [-0.25, -0.2) is 4.98 Å². The van der Waals surface area contributed by atoms with E-state index < -0.39 is 0 Å². The van der Waals surface area contributed by atoms with Crippen molar-refractivity contribution in [2.75, 3.05) is 10.6 Å². The molecule has 5 nitrogen and oxygen atoms in total. The number of halogens is 2. The van der Waals surface area contributed by atoms with E-state index in [-0.39, 0.29) is 11.8 Å². The van der Waals surface area contributed by atoms with Crippen molar-refractivity contribution in [1.82, 2.24) is 4.98 Å². The van der Waals surface area contributed by atoms with E-state index in [4.69, 9.17) is 23.2 Å². The minimum absolute atomic E-state index is 0.297. The molecule has 2 amide bonds. The molecule has 0 aliphatic rings. The Morgan fingerprint density at radius 2 is 1.18 bits per heavy atom. The van der Waals surface area contributed by atoms with Crippen molar-refractivity contribution in [2.24, 2.45) is 0 Å². The summed E-state index contributed by atoms with van der Waals surface area (Å²) in [5.74, 6) is -0.123. The van der Waals surface area contributed by atoms with Crippen molar-refractivity contribution in [2.45, 2.75) is 13.8 Å². The van der Waals surface area contributed by atoms with Gasteiger partial charge in [-0.2, -0.15) is 0 Å². The van der Waals surface area contributed by atoms with Crippen LogP contribution in [0.15, 0.2) is 54.6 Å². The van der Waals surface area contributed by atoms with Gasteiger partial charge in [-0.3, -0.25) is 9.59 Å². The Labute approximate surface area is 213 Å². The number of pyridine rings is 1. The molecule has 3 aromatic heterocycles. The number of amides is 2. The monoisotopic (exact) mass is 525 g/mol. The Kier molecular flexibility index (Phi) is 6.04. The third kappa shape index (κ3) is 4.28. The number of rotatable bonds is 4. The zero-order valence-corrected chi connectivity index (χ0v) is 21.2. The van der Waals surface area contributed by atoms with Gasteiger partial charge in [0.2, 0.25) is 0 Å². The molecule has 0 radical (unpaired) electrons. The number of thiophene rings is 2. The number of nitrogens with zero attached hydrogens (tertiary/aromatic N) is 1. The SMILES string of the molecule is Cc1ccc2c(Cl)c(C(=O)Nc3cccc(NC(=O)c4sc5cc(C)ccc5c4Cl)n3)sc2c1. The fourth-order valence-corrected chi connectivity index (χ4v) is 6.58. The van der Waals surface area contributed by atoms with E-state index >= 15 is 0 Å². The number of carbonyl (C=O) groups is 2. The van der Waals surface area contributed by atoms with Gasteiger partial charge in [0.15, 0.2) is 0 Å². The lowest BCUT2D eigenvalue weighted by molar-refractivity contribution is 0.102. The van der Waals surface area contributed by atoms with Gasteiger partial charge in [0.1, 0.15) is 21.4 Å². The summed E-state index contributed by atoms with van der Waals surface area (Å²) in [6, 6.07) is 16.7. The molecule has 34 heavy (non-hydrogen) atoms. The van der Waals surface area contributed by atoms with Crippen molar-refractivity contribution in [3.05, 3.63) is 85.5 Å². The predicted octanol–water partition coefficient (Wildman–Crippen LogP) is 7.94. The molecule has 2 N–H and O–H groups in total. The van der Waals surface area contributed by atoms with Crippen LogP contribution in [-0.4, -0.2) is 16.8 Å². The molecule has 5 aromatic rings. The maximum Gasteiger partial charge on any atom is 0.268 e. The highest BCUT2D eigenvalue weighted by atomic mass is 35.5. The summed E-state index contributed by atoms with van der Waals surface area (Å²) in [6.07, 6.45) is 0. The normalized spacial score (nSPS) is 11.2. The maximum atomic E-state index is 12.9. The summed E-state index contributed by atoms with van der Waals surface area (Å²) in [6.45, 7) is 3.98. The van der Waals surface area contributed by atoms with Crippen LogP contribution in [0.1, 0.15) is 30.5 Å². The number of anilines is 2. The quantitative estimate of drug-likeness (QED) is 0.250. The van der Waals surface area contributed by atoms with E-state index in [0.717, 1.165) is 31.3 Å². The summed E-state index contributed by atoms with van der Waals surface area (Å²) in [7, 11) is 0. The highest BCUT2D eigenvalue weighted by Gasteiger charge is 2.20. The zero-order chi connectivity index (χ0) is 24.0. The van der Waals surface area contributed by atoms with E-state index in [0.29, 0.717) is 31.4 Å². The van der Waals surface area contributed by atoms with E-state index in [1.165, 1.54) is 22.7 Å². The number of hydrogen-bond donors (Lipinski definition) is 2. The van der Waals surface area contributed by atoms with E-state index in [2.05, 4.69) is 15.6 Å². The predicted molar refractivity (Wildman–Crippen MR) is 143 cm³/mol. The van der Waals surface area contributed by atoms with Crippen molar-refractivity contribution < 1.29 is 9.59 Å². The second-order valence-electron chi connectivity index (χ2n) is 7.81. The van der Waals surface area contributed by atoms with Gasteiger partial charge in [0, 0.05) is 20.2 Å². The van der Waals surface area contributed by atoms with Gasteiger partial charge in [-0.1, -0.05) is 53.5 Å². The molecule has 0 atom stereocenters. The Morgan fingerprint density at radius 3 is 1.62 bits per heavy atom. The summed E-state index contributed by atoms with van der Waals surface area (Å²) in [5, 5.41) is 8.04. The fourth-order valence-electron chi connectivity index (χ4n) is 3.56. The fraction of sp³-hybridized carbons (Fsp3) is 0.0800. The molecule has 170 valence electrons. The van der Waals surface area contributed by atoms with Crippen molar-refractivity contribution in [3.8, 4) is 0 Å². The smallest absolute Gasteiger partial charge is 0.268 e. The van der Waals surface area contributed by atoms with Gasteiger partial charge >= 0.3 is 0 Å². The molecule has 0 unspecified atom stereocenters. The third-order valence-electron chi connectivity index (χ3n) is 5.21. The summed E-state index contributed by atoms with van der Waals surface area (Å²) in [4.78, 5) is 31.0. The van der Waals surface area contributed by atoms with E-state index in [1.807, 2.05) is 50.2 Å². The molecular weight excluding hydrogens is 509 g/mol. The Bertz CT molecular complexity index is 1490. The first-order valence-electron chi connectivity index (χ1n) is 10.3. The lowest BCUT2D eigenvalue weighted by Gasteiger charge is -2.07. The molecule has 0 fully saturated rings. The summed E-state index contributed by atoms with van der Waals surface area (Å²) < 4.78 is 1.89. The number of hydrogen-bond acceptors (Lipinski definition) is 5. The summed E-state index contributed by atoms with van der Waals surface area (Å²) in [5.41, 5.74) is 2.19. The van der Waals surface area contributed by atoms with Crippen LogP contribution in [0.2, 0.25) is 10.0 Å². The first-order chi connectivity index (χ1) is 16.3. The second kappa shape index (κ2) is 9.00. The van der Waals surface area contributed by atoms with Crippen LogP contribution < -0.4 is 10.6 Å². The number of fused-ring (bicyclic) bond motifs is 2. The maximum absolute atomic E-state index is 12.9. The van der Waals surface area contributed by atoms with Crippen LogP contribution in [0.4, 0.5) is 11.6 Å². The van der Waals surface area contributed by atoms with Gasteiger partial charge < -0.3 is 10.6 Å². The van der Waals surface area contributed by atoms with Gasteiger partial charge in [0.25, 0.3) is 11.8 Å². The zero-order valence-electron chi connectivity index (χ0n) is 18.0. The van der Waals surface area contributed by atoms with Gasteiger partial charge in [0.05, 0.1) is 10.0 Å². The topological polar surface area (TPSA) is 71.1 Å². The molecule has 3 heterocycles. The van der Waals surface area contributed by atoms with Crippen LogP contribution in [0, 0.1) is 13.8 Å². The van der Waals surface area contributed by atoms with Gasteiger partial charge in [-0.15, -0.1) is 22.7 Å². The molecule has 0 aliphatic heterocycles. The molecule has 9 heteroatoms. The molecular formula is C25H17Cl2N3O2S2. The molecule has 2 aromatic carbocycles. The van der Waals surface area contributed by atoms with Crippen LogP contribution >= 0.6 is 45.9 Å². The van der Waals surface area contributed by atoms with E-state index in [1.54, 1.807) is 18.2 Å². The molecule has 0 aliphatic carbocycles. The van der Waals surface area contributed by atoms with E-state index in [9.17, 15) is 9.59 Å². The Morgan fingerprint density at radius 1 is 0.735 bits per heavy atom. The Balaban J connectivity index is 1.36. The standard InChI is InChI=1S/C25H17Cl2N3O2S2/c1-12-6-8-14-16(10-12)33-22(20(14)26)24(31)29-18-4-3-5-19(28-18)30-25(32)23-21(27)15-9-7-13(2)11-17(15)34-23/h3-11H,1-2H3,(H2,28,29,30,31,32). The average Bonchev–Trinajstić information content (AvgIpc) is 3.30. The van der Waals surface area contributed by atoms with Crippen molar-refractivity contribution in [1.29, 1.82) is 0 Å². The Hall–Kier alpha value is -2.97. The highest BCUT2D eigenvalue weighted by Crippen LogP contribution is 2.37. The molecule has 5 rings (SSSR count). The van der Waals surface area contributed by atoms with Crippen LogP contribution in [-0.2, 0) is 0 Å². The number of carbonyl (C=O) groups excluding carboxylic acids is 2. The summed E-state index contributed by atoms with van der Waals surface area (Å²) >= 11 is 15.6. The van der Waals surface area contributed by atoms with Crippen LogP contribution in [0.3, 0.4) is 0 Å². The number of benzene rings is 2. The largest absolute Gasteiger partial charge is 0.306 e. The first kappa shape index (κ1) is 22.8. The van der Waals surface area contributed by atoms with Crippen molar-refractivity contribution in [3.63, 3.8) is 0 Å². The number of nitrogens with one attached hydrogen (secondary N) is 2. The molecule has 0 spiro atoms. The number of aryl methyl sites for hydroxylation is 2. The highest BCUT2D eigenvalue weighted by molar-refractivity contribution is 7.22. The minimum atomic E-state index is -0.359. The number of aromatic nitrogens is 1. The minimum Gasteiger partial charge on any atom is -0.306 e. The molecule has 0 saturated heterocycles. The van der Waals surface area contributed by atoms with Crippen molar-refractivity contribution >= 4 is 89.5 Å².